The maximum atomic E-state index is 13.6. The Labute approximate surface area is 199 Å². The molecule has 2 aromatic heterocycles. The number of aromatic nitrogens is 2. The van der Waals surface area contributed by atoms with E-state index in [4.69, 9.17) is 15.9 Å². The van der Waals surface area contributed by atoms with Crippen molar-refractivity contribution in [2.24, 2.45) is 0 Å². The number of amidine groups is 1. The Morgan fingerprint density at radius 1 is 1.34 bits per heavy atom. The zero-order valence-corrected chi connectivity index (χ0v) is 18.6. The summed E-state index contributed by atoms with van der Waals surface area (Å²) in [5.74, 6) is -0.500. The third-order valence-electron chi connectivity index (χ3n) is 7.03. The molecule has 1 atom stereocenters. The summed E-state index contributed by atoms with van der Waals surface area (Å²) >= 11 is 0. The summed E-state index contributed by atoms with van der Waals surface area (Å²) in [5, 5.41) is 18.0. The molecule has 1 saturated carbocycles. The maximum Gasteiger partial charge on any atom is 0.391 e. The number of carbonyl (C=O) groups excluding carboxylic acids is 1. The first-order chi connectivity index (χ1) is 16.6. The number of hydrogen-bond acceptors (Lipinski definition) is 6. The average Bonchev–Trinajstić information content (AvgIpc) is 3.38. The summed E-state index contributed by atoms with van der Waals surface area (Å²) < 4.78 is 46.1. The molecular formula is C23H23F3N7O2-. The van der Waals surface area contributed by atoms with Crippen LogP contribution in [0.25, 0.3) is 5.41 Å². The zero-order chi connectivity index (χ0) is 25.0. The Bertz CT molecular complexity index is 1200. The number of nitrogens with one attached hydrogen (secondary N) is 1. The Hall–Kier alpha value is -3.70. The van der Waals surface area contributed by atoms with Gasteiger partial charge in [-0.2, -0.15) is 13.2 Å². The first-order valence-corrected chi connectivity index (χ1v) is 11.2. The minimum atomic E-state index is -4.46. The minimum Gasteiger partial charge on any atom is -0.474 e. The first-order valence-electron chi connectivity index (χ1n) is 11.2. The summed E-state index contributed by atoms with van der Waals surface area (Å²) in [5.41, 5.74) is 6.64. The highest BCUT2D eigenvalue weighted by molar-refractivity contribution is 6.12. The van der Waals surface area contributed by atoms with E-state index in [0.29, 0.717) is 36.2 Å². The fraction of sp³-hybridized carbons (Fsp3) is 0.435. The van der Waals surface area contributed by atoms with Gasteiger partial charge in [-0.3, -0.25) is 9.78 Å². The highest BCUT2D eigenvalue weighted by Gasteiger charge is 2.59. The third kappa shape index (κ3) is 3.76. The van der Waals surface area contributed by atoms with Crippen LogP contribution in [0.2, 0.25) is 0 Å². The van der Waals surface area contributed by atoms with Gasteiger partial charge in [-0.25, -0.2) is 4.98 Å². The number of halogens is 3. The highest BCUT2D eigenvalue weighted by Crippen LogP contribution is 2.54. The van der Waals surface area contributed by atoms with Crippen molar-refractivity contribution < 1.29 is 22.7 Å². The van der Waals surface area contributed by atoms with E-state index in [2.05, 4.69) is 9.97 Å². The van der Waals surface area contributed by atoms with Crippen molar-refractivity contribution in [2.45, 2.75) is 49.4 Å². The number of carbonyl (C=O) groups is 1. The maximum absolute atomic E-state index is 13.6. The van der Waals surface area contributed by atoms with Gasteiger partial charge >= 0.3 is 6.18 Å². The lowest BCUT2D eigenvalue weighted by Crippen LogP contribution is -2.55. The lowest BCUT2D eigenvalue weighted by atomic mass is 9.63. The standard InChI is InChI=1S/C23H23F3N7O2/c24-23(25,26)18-2-1-7-32(18)19(29)12-33-17-5-6-30-11-14(17)22(21(33)34)8-13(9-22)35-20-4-3-15(28)16(10-27)31-20/h3-6,10-11,13,18,27H,1-2,7-9,12,28H2/q-1/t13?,18-,22?/m0/s1. The molecule has 2 fully saturated rings. The molecule has 2 aliphatic heterocycles. The van der Waals surface area contributed by atoms with Gasteiger partial charge in [-0.15, -0.1) is 0 Å². The number of alkyl halides is 3. The number of rotatable bonds is 5. The molecule has 5 rings (SSSR count). The average molecular weight is 486 g/mol. The molecule has 3 aliphatic rings. The predicted octanol–water partition coefficient (Wildman–Crippen LogP) is 2.88. The number of anilines is 2. The van der Waals surface area contributed by atoms with Gasteiger partial charge in [0, 0.05) is 49.6 Å². The summed E-state index contributed by atoms with van der Waals surface area (Å²) in [7, 11) is 0. The molecule has 1 saturated heterocycles. The van der Waals surface area contributed by atoms with Crippen LogP contribution in [0.1, 0.15) is 36.9 Å². The Balaban J connectivity index is 1.33. The lowest BCUT2D eigenvalue weighted by Gasteiger charge is -2.43. The third-order valence-corrected chi connectivity index (χ3v) is 7.03. The second-order valence-electron chi connectivity index (χ2n) is 9.09. The molecule has 1 spiro atoms. The monoisotopic (exact) mass is 486 g/mol. The number of nitrogen functional groups attached to an aromatic ring is 1. The van der Waals surface area contributed by atoms with Crippen LogP contribution < -0.4 is 15.4 Å². The molecule has 1 amide bonds. The van der Waals surface area contributed by atoms with E-state index in [9.17, 15) is 23.4 Å². The number of ether oxygens (including phenoxy) is 1. The molecule has 0 radical (unpaired) electrons. The fourth-order valence-electron chi connectivity index (χ4n) is 5.29. The van der Waals surface area contributed by atoms with Crippen molar-refractivity contribution in [1.29, 1.82) is 5.41 Å². The van der Waals surface area contributed by atoms with Crippen molar-refractivity contribution in [2.75, 3.05) is 23.7 Å². The Morgan fingerprint density at radius 2 is 2.11 bits per heavy atom. The van der Waals surface area contributed by atoms with Crippen molar-refractivity contribution in [3.8, 4) is 5.88 Å². The summed E-state index contributed by atoms with van der Waals surface area (Å²) in [6.45, 7) is -0.271. The van der Waals surface area contributed by atoms with Crippen molar-refractivity contribution >= 4 is 29.3 Å². The van der Waals surface area contributed by atoms with Gasteiger partial charge in [-0.1, -0.05) is 12.3 Å². The number of nitrogens with two attached hydrogens (primary N) is 1. The van der Waals surface area contributed by atoms with Gasteiger partial charge in [0.15, 0.2) is 0 Å². The van der Waals surface area contributed by atoms with E-state index in [1.807, 2.05) is 0 Å². The van der Waals surface area contributed by atoms with Crippen LogP contribution in [0.4, 0.5) is 24.5 Å². The first kappa shape index (κ1) is 23.1. The molecule has 35 heavy (non-hydrogen) atoms. The van der Waals surface area contributed by atoms with E-state index >= 15 is 0 Å². The lowest BCUT2D eigenvalue weighted by molar-refractivity contribution is -0.166. The van der Waals surface area contributed by atoms with Crippen LogP contribution >= 0.6 is 0 Å². The molecule has 12 heteroatoms. The van der Waals surface area contributed by atoms with E-state index in [-0.39, 0.29) is 43.1 Å². The molecule has 0 unspecified atom stereocenters. The predicted molar refractivity (Wildman–Crippen MR) is 123 cm³/mol. The summed E-state index contributed by atoms with van der Waals surface area (Å²) in [6, 6.07) is 3.05. The van der Waals surface area contributed by atoms with Crippen molar-refractivity contribution in [3.05, 3.63) is 47.3 Å². The highest BCUT2D eigenvalue weighted by atomic mass is 19.4. The van der Waals surface area contributed by atoms with E-state index in [1.54, 1.807) is 24.4 Å². The van der Waals surface area contributed by atoms with E-state index < -0.39 is 23.5 Å². The molecule has 1 aliphatic carbocycles. The minimum absolute atomic E-state index is 0.0780. The second kappa shape index (κ2) is 8.21. The zero-order valence-electron chi connectivity index (χ0n) is 18.6. The van der Waals surface area contributed by atoms with Gasteiger partial charge in [0.1, 0.15) is 11.8 Å². The molecular weight excluding hydrogens is 463 g/mol. The van der Waals surface area contributed by atoms with Crippen molar-refractivity contribution in [1.82, 2.24) is 14.9 Å². The molecule has 4 heterocycles. The number of amides is 1. The number of likely N-dealkylation sites (tertiary alicyclic amines) is 1. The van der Waals surface area contributed by atoms with Crippen LogP contribution in [0, 0.1) is 5.41 Å². The number of hydrogen-bond donors (Lipinski definition) is 2. The van der Waals surface area contributed by atoms with Gasteiger partial charge in [0.2, 0.25) is 11.8 Å². The van der Waals surface area contributed by atoms with Crippen LogP contribution in [0.3, 0.4) is 0 Å². The Morgan fingerprint density at radius 3 is 2.83 bits per heavy atom. The normalized spacial score (nSPS) is 25.5. The molecule has 184 valence electrons. The number of fused-ring (bicyclic) bond motifs is 2. The number of nitrogens with zero attached hydrogens (tertiary/aromatic N) is 5. The molecule has 9 nitrogen and oxygen atoms in total. The van der Waals surface area contributed by atoms with Crippen molar-refractivity contribution in [3.63, 3.8) is 0 Å². The fourth-order valence-corrected chi connectivity index (χ4v) is 5.29. The second-order valence-corrected chi connectivity index (χ2v) is 9.09. The smallest absolute Gasteiger partial charge is 0.391 e. The van der Waals surface area contributed by atoms with Gasteiger partial charge in [0.05, 0.1) is 22.8 Å². The molecule has 0 aromatic carbocycles. The Kier molecular flexibility index (Phi) is 5.41. The quantitative estimate of drug-likeness (QED) is 0.494. The van der Waals surface area contributed by atoms with Gasteiger partial charge in [0.25, 0.3) is 0 Å². The van der Waals surface area contributed by atoms with Crippen LogP contribution in [0.5, 0.6) is 5.88 Å². The van der Waals surface area contributed by atoms with Crippen LogP contribution in [-0.2, 0) is 10.2 Å². The molecule has 0 bridgehead atoms. The van der Waals surface area contributed by atoms with Crippen LogP contribution in [-0.4, -0.2) is 64.2 Å². The number of pyridine rings is 2. The largest absolute Gasteiger partial charge is 0.474 e. The molecule has 3 N–H and O–H groups in total. The topological polar surface area (TPSA) is 131 Å². The molecule has 2 aromatic rings. The summed E-state index contributed by atoms with van der Waals surface area (Å²) in [4.78, 5) is 24.2. The van der Waals surface area contributed by atoms with Crippen LogP contribution in [0.15, 0.2) is 30.6 Å². The SMILES string of the molecule is [N-]=C(CN1C(=O)C2(CC(Oc3ccc(N)c(C=N)n3)C2)c2cnccc21)N1CCC[C@H]1C(F)(F)F. The summed E-state index contributed by atoms with van der Waals surface area (Å²) in [6.07, 6.45) is 0.176. The van der Waals surface area contributed by atoms with Gasteiger partial charge in [-0.05, 0) is 25.1 Å². The van der Waals surface area contributed by atoms with E-state index in [1.165, 1.54) is 11.1 Å². The van der Waals surface area contributed by atoms with E-state index in [0.717, 1.165) is 11.1 Å². The van der Waals surface area contributed by atoms with Gasteiger partial charge < -0.3 is 31.1 Å².